The molecule has 1 aromatic heterocycles. The molecule has 0 saturated carbocycles. The predicted octanol–water partition coefficient (Wildman–Crippen LogP) is 1.66. The Labute approximate surface area is 112 Å². The monoisotopic (exact) mass is 287 g/mol. The van der Waals surface area contributed by atoms with Gasteiger partial charge in [-0.05, 0) is 12.5 Å². The summed E-state index contributed by atoms with van der Waals surface area (Å²) in [6, 6.07) is 1.04. The van der Waals surface area contributed by atoms with Crippen molar-refractivity contribution in [3.8, 4) is 0 Å². The normalized spacial score (nSPS) is 13.5. The molecular formula is C9H10ClN5O4. The van der Waals surface area contributed by atoms with Crippen LogP contribution in [0.15, 0.2) is 11.2 Å². The van der Waals surface area contributed by atoms with Crippen molar-refractivity contribution >= 4 is 17.3 Å². The predicted molar refractivity (Wildman–Crippen MR) is 65.6 cm³/mol. The van der Waals surface area contributed by atoms with Gasteiger partial charge in [-0.2, -0.15) is 0 Å². The SMILES string of the molecule is Cc1nc(Cl)c([N+](=O)[O-])cc1C(O)C(O)CN=[N+]=[N-]. The zero-order valence-electron chi connectivity index (χ0n) is 9.76. The summed E-state index contributed by atoms with van der Waals surface area (Å²) in [4.78, 5) is 16.1. The summed E-state index contributed by atoms with van der Waals surface area (Å²) in [7, 11) is 0. The van der Waals surface area contributed by atoms with Gasteiger partial charge in [-0.25, -0.2) is 4.98 Å². The van der Waals surface area contributed by atoms with Crippen molar-refractivity contribution in [2.75, 3.05) is 6.54 Å². The quantitative estimate of drug-likeness (QED) is 0.211. The third-order valence-electron chi connectivity index (χ3n) is 2.40. The number of halogens is 1. The van der Waals surface area contributed by atoms with E-state index >= 15 is 0 Å². The van der Waals surface area contributed by atoms with E-state index in [-0.39, 0.29) is 23.0 Å². The van der Waals surface area contributed by atoms with Crippen LogP contribution in [-0.4, -0.2) is 32.8 Å². The highest BCUT2D eigenvalue weighted by Crippen LogP contribution is 2.29. The van der Waals surface area contributed by atoms with Crippen LogP contribution in [0, 0.1) is 17.0 Å². The van der Waals surface area contributed by atoms with Gasteiger partial charge >= 0.3 is 5.69 Å². The standard InChI is InChI=1S/C9H10ClN5O4/c1-4-5(8(17)7(16)3-12-14-11)2-6(15(18)19)9(10)13-4/h2,7-8,16-17H,3H2,1H3. The molecule has 19 heavy (non-hydrogen) atoms. The fourth-order valence-corrected chi connectivity index (χ4v) is 1.69. The fourth-order valence-electron chi connectivity index (χ4n) is 1.44. The molecule has 1 rings (SSSR count). The Kier molecular flexibility index (Phi) is 5.02. The molecule has 0 spiro atoms. The average molecular weight is 288 g/mol. The minimum atomic E-state index is -1.46. The van der Waals surface area contributed by atoms with Gasteiger partial charge in [-0.1, -0.05) is 16.7 Å². The smallest absolute Gasteiger partial charge is 0.306 e. The van der Waals surface area contributed by atoms with Crippen LogP contribution < -0.4 is 0 Å². The Bertz CT molecular complexity index is 546. The summed E-state index contributed by atoms with van der Waals surface area (Å²) < 4.78 is 0. The number of aryl methyl sites for hydroxylation is 1. The molecule has 0 aliphatic heterocycles. The summed E-state index contributed by atoms with van der Waals surface area (Å²) in [5.41, 5.74) is 7.94. The minimum absolute atomic E-state index is 0.0525. The Morgan fingerprint density at radius 2 is 2.32 bits per heavy atom. The van der Waals surface area contributed by atoms with Crippen LogP contribution in [0.3, 0.4) is 0 Å². The third kappa shape index (κ3) is 3.52. The third-order valence-corrected chi connectivity index (χ3v) is 2.68. The van der Waals surface area contributed by atoms with Crippen molar-refractivity contribution in [1.82, 2.24) is 4.98 Å². The number of aliphatic hydroxyl groups is 2. The first kappa shape index (κ1) is 15.1. The second-order valence-electron chi connectivity index (χ2n) is 3.66. The van der Waals surface area contributed by atoms with E-state index < -0.39 is 22.8 Å². The van der Waals surface area contributed by atoms with Crippen LogP contribution in [0.4, 0.5) is 5.69 Å². The Morgan fingerprint density at radius 1 is 1.68 bits per heavy atom. The molecule has 0 aromatic carbocycles. The average Bonchev–Trinajstić information content (AvgIpc) is 2.34. The number of pyridine rings is 1. The Hall–Kier alpha value is -1.93. The van der Waals surface area contributed by atoms with Crippen molar-refractivity contribution in [1.29, 1.82) is 0 Å². The number of nitro groups is 1. The number of rotatable bonds is 5. The maximum Gasteiger partial charge on any atom is 0.306 e. The van der Waals surface area contributed by atoms with Gasteiger partial charge in [0.15, 0.2) is 0 Å². The van der Waals surface area contributed by atoms with E-state index in [1.807, 2.05) is 0 Å². The van der Waals surface area contributed by atoms with Crippen molar-refractivity contribution in [3.05, 3.63) is 43.0 Å². The molecule has 2 unspecified atom stereocenters. The van der Waals surface area contributed by atoms with Gasteiger partial charge in [0.25, 0.3) is 0 Å². The molecule has 1 aromatic rings. The molecule has 0 radical (unpaired) electrons. The number of aromatic nitrogens is 1. The van der Waals surface area contributed by atoms with Gasteiger partial charge in [0.05, 0.1) is 17.6 Å². The maximum atomic E-state index is 10.7. The van der Waals surface area contributed by atoms with Crippen LogP contribution in [-0.2, 0) is 0 Å². The van der Waals surface area contributed by atoms with E-state index in [1.54, 1.807) is 0 Å². The van der Waals surface area contributed by atoms with Gasteiger partial charge in [0.1, 0.15) is 6.10 Å². The van der Waals surface area contributed by atoms with E-state index in [4.69, 9.17) is 17.1 Å². The van der Waals surface area contributed by atoms with Crippen LogP contribution in [0.5, 0.6) is 0 Å². The lowest BCUT2D eigenvalue weighted by atomic mass is 10.0. The minimum Gasteiger partial charge on any atom is -0.390 e. The first-order valence-corrected chi connectivity index (χ1v) is 5.44. The molecule has 2 atom stereocenters. The summed E-state index contributed by atoms with van der Waals surface area (Å²) in [6.45, 7) is 1.11. The first-order valence-electron chi connectivity index (χ1n) is 5.07. The summed E-state index contributed by atoms with van der Waals surface area (Å²) in [5, 5.41) is 33.0. The van der Waals surface area contributed by atoms with Crippen molar-refractivity contribution in [3.63, 3.8) is 0 Å². The lowest BCUT2D eigenvalue weighted by Gasteiger charge is -2.17. The van der Waals surface area contributed by atoms with Crippen molar-refractivity contribution in [2.45, 2.75) is 19.1 Å². The van der Waals surface area contributed by atoms with Crippen molar-refractivity contribution < 1.29 is 15.1 Å². The van der Waals surface area contributed by atoms with E-state index in [0.717, 1.165) is 6.07 Å². The lowest BCUT2D eigenvalue weighted by molar-refractivity contribution is -0.385. The van der Waals surface area contributed by atoms with E-state index in [9.17, 15) is 20.3 Å². The van der Waals surface area contributed by atoms with Gasteiger partial charge in [-0.15, -0.1) is 0 Å². The molecule has 0 aliphatic carbocycles. The number of hydrogen-bond donors (Lipinski definition) is 2. The molecule has 0 saturated heterocycles. The largest absolute Gasteiger partial charge is 0.390 e. The Morgan fingerprint density at radius 3 is 2.84 bits per heavy atom. The second kappa shape index (κ2) is 6.30. The zero-order chi connectivity index (χ0) is 14.6. The maximum absolute atomic E-state index is 10.7. The highest BCUT2D eigenvalue weighted by Gasteiger charge is 2.25. The topological polar surface area (TPSA) is 145 Å². The molecule has 102 valence electrons. The molecule has 0 amide bonds. The van der Waals surface area contributed by atoms with Gasteiger partial charge in [0, 0.05) is 22.2 Å². The molecular weight excluding hydrogens is 278 g/mol. The first-order chi connectivity index (χ1) is 8.88. The fraction of sp³-hybridized carbons (Fsp3) is 0.444. The van der Waals surface area contributed by atoms with Crippen LogP contribution >= 0.6 is 11.6 Å². The summed E-state index contributed by atoms with van der Waals surface area (Å²) in [6.07, 6.45) is -2.86. The lowest BCUT2D eigenvalue weighted by Crippen LogP contribution is -2.22. The number of aliphatic hydroxyl groups excluding tert-OH is 2. The summed E-state index contributed by atoms with van der Waals surface area (Å²) in [5.74, 6) is 0. The molecule has 10 heteroatoms. The van der Waals surface area contributed by atoms with E-state index in [0.29, 0.717) is 0 Å². The van der Waals surface area contributed by atoms with Gasteiger partial charge in [0.2, 0.25) is 5.15 Å². The summed E-state index contributed by atoms with van der Waals surface area (Å²) >= 11 is 5.60. The molecule has 0 fully saturated rings. The van der Waals surface area contributed by atoms with Crippen molar-refractivity contribution in [2.24, 2.45) is 5.11 Å². The molecule has 2 N–H and O–H groups in total. The van der Waals surface area contributed by atoms with Gasteiger partial charge < -0.3 is 10.2 Å². The molecule has 1 heterocycles. The Balaban J connectivity index is 3.15. The number of nitrogens with zero attached hydrogens (tertiary/aromatic N) is 5. The highest BCUT2D eigenvalue weighted by atomic mass is 35.5. The number of azide groups is 1. The van der Waals surface area contributed by atoms with E-state index in [1.165, 1.54) is 6.92 Å². The highest BCUT2D eigenvalue weighted by molar-refractivity contribution is 6.31. The van der Waals surface area contributed by atoms with Crippen LogP contribution in [0.1, 0.15) is 17.4 Å². The van der Waals surface area contributed by atoms with Gasteiger partial charge in [-0.3, -0.25) is 10.1 Å². The second-order valence-corrected chi connectivity index (χ2v) is 4.01. The van der Waals surface area contributed by atoms with Crippen LogP contribution in [0.2, 0.25) is 5.15 Å². The molecule has 9 nitrogen and oxygen atoms in total. The zero-order valence-corrected chi connectivity index (χ0v) is 10.5. The van der Waals surface area contributed by atoms with E-state index in [2.05, 4.69) is 15.0 Å². The molecule has 0 aliphatic rings. The number of hydrogen-bond acceptors (Lipinski definition) is 6. The van der Waals surface area contributed by atoms with Crippen LogP contribution in [0.25, 0.3) is 10.4 Å². The molecule has 0 bridgehead atoms.